The molecule has 0 aliphatic rings. The van der Waals surface area contributed by atoms with Crippen molar-refractivity contribution in [3.63, 3.8) is 0 Å². The van der Waals surface area contributed by atoms with Crippen LogP contribution < -0.4 is 0 Å². The second kappa shape index (κ2) is 57.6. The molecule has 0 bridgehead atoms. The minimum atomic E-state index is -0.810. The Morgan fingerprint density at radius 3 is 1.00 bits per heavy atom. The summed E-state index contributed by atoms with van der Waals surface area (Å²) in [4.78, 5) is 38.2. The Balaban J connectivity index is 4.51. The first-order valence-electron chi connectivity index (χ1n) is 28.9. The van der Waals surface area contributed by atoms with Gasteiger partial charge in [0.1, 0.15) is 13.2 Å². The van der Waals surface area contributed by atoms with E-state index >= 15 is 0 Å². The van der Waals surface area contributed by atoms with Gasteiger partial charge in [0, 0.05) is 19.3 Å². The van der Waals surface area contributed by atoms with Gasteiger partial charge in [-0.1, -0.05) is 226 Å². The van der Waals surface area contributed by atoms with Crippen LogP contribution in [0.25, 0.3) is 0 Å². The van der Waals surface area contributed by atoms with Gasteiger partial charge in [-0.3, -0.25) is 14.4 Å². The van der Waals surface area contributed by atoms with Gasteiger partial charge in [-0.05, 0) is 122 Å². The van der Waals surface area contributed by atoms with Crippen LogP contribution in [-0.2, 0) is 28.6 Å². The highest BCUT2D eigenvalue weighted by Crippen LogP contribution is 2.14. The second-order valence-electron chi connectivity index (χ2n) is 18.8. The molecule has 0 aromatic carbocycles. The first kappa shape index (κ1) is 66.1. The molecule has 0 heterocycles. The lowest BCUT2D eigenvalue weighted by Crippen LogP contribution is -2.30. The summed E-state index contributed by atoms with van der Waals surface area (Å²) in [5, 5.41) is 0. The highest BCUT2D eigenvalue weighted by molar-refractivity contribution is 5.71. The van der Waals surface area contributed by atoms with Crippen molar-refractivity contribution in [3.05, 3.63) is 109 Å². The maximum Gasteiger partial charge on any atom is 0.306 e. The van der Waals surface area contributed by atoms with Gasteiger partial charge in [-0.25, -0.2) is 0 Å². The van der Waals surface area contributed by atoms with Crippen LogP contribution in [0.2, 0.25) is 0 Å². The van der Waals surface area contributed by atoms with E-state index in [2.05, 4.69) is 130 Å². The molecule has 0 aliphatic carbocycles. The Kier molecular flexibility index (Phi) is 54.4. The zero-order valence-electron chi connectivity index (χ0n) is 45.5. The highest BCUT2D eigenvalue weighted by atomic mass is 16.6. The molecule has 0 saturated heterocycles. The van der Waals surface area contributed by atoms with Crippen molar-refractivity contribution in [1.82, 2.24) is 0 Å². The number of unbranched alkanes of at least 4 members (excludes halogenated alkanes) is 23. The van der Waals surface area contributed by atoms with Crippen molar-refractivity contribution in [2.75, 3.05) is 13.2 Å². The standard InChI is InChI=1S/C64H106O6/c1-4-7-10-13-16-19-22-25-28-31-32-34-36-39-42-45-48-51-54-57-63(66)69-60-61(59-68-62(65)56-53-50-47-44-41-38-35-30-27-24-21-18-15-12-9-6-3)70-64(67)58-55-52-49-46-43-40-37-33-29-26-23-20-17-14-11-8-5-2/h7,10,16-17,19-20,25-26,28-30,32,34-35,38-39,41-42,61H,4-6,8-9,11-15,18,21-24,27,31,33,36-37,40,43-60H2,1-3H3/b10-7-,19-16-,20-17-,28-25-,29-26-,34-32-,35-30-,41-38-,42-39-. The molecule has 1 unspecified atom stereocenters. The molecule has 0 fully saturated rings. The summed E-state index contributed by atoms with van der Waals surface area (Å²) in [5.41, 5.74) is 0. The van der Waals surface area contributed by atoms with Gasteiger partial charge in [0.25, 0.3) is 0 Å². The number of ether oxygens (including phenoxy) is 3. The number of rotatable bonds is 51. The Morgan fingerprint density at radius 1 is 0.314 bits per heavy atom. The van der Waals surface area contributed by atoms with Crippen molar-refractivity contribution in [2.45, 2.75) is 264 Å². The lowest BCUT2D eigenvalue weighted by atomic mass is 10.1. The third-order valence-corrected chi connectivity index (χ3v) is 12.0. The van der Waals surface area contributed by atoms with Gasteiger partial charge >= 0.3 is 17.9 Å². The fraction of sp³-hybridized carbons (Fsp3) is 0.672. The number of hydrogen-bond donors (Lipinski definition) is 0. The van der Waals surface area contributed by atoms with Gasteiger partial charge in [-0.15, -0.1) is 0 Å². The minimum absolute atomic E-state index is 0.107. The number of allylic oxidation sites excluding steroid dienone is 18. The molecule has 0 aromatic heterocycles. The molecule has 0 rings (SSSR count). The van der Waals surface area contributed by atoms with E-state index in [9.17, 15) is 14.4 Å². The summed E-state index contributed by atoms with van der Waals surface area (Å²) in [6.45, 7) is 6.44. The first-order chi connectivity index (χ1) is 34.5. The molecule has 0 amide bonds. The SMILES string of the molecule is CC/C=C\C/C=C\C/C=C\C/C=C\C/C=C\CCCCCC(=O)OCC(COC(=O)CCCCC/C=C\C=C/CCCCCCCCC)OC(=O)CCCCCCCCC/C=C\C/C=C\CCCCC. The Bertz CT molecular complexity index is 1440. The van der Waals surface area contributed by atoms with E-state index in [-0.39, 0.29) is 31.1 Å². The van der Waals surface area contributed by atoms with Crippen molar-refractivity contribution in [1.29, 1.82) is 0 Å². The van der Waals surface area contributed by atoms with E-state index in [0.717, 1.165) is 122 Å². The van der Waals surface area contributed by atoms with E-state index in [1.165, 1.54) is 96.3 Å². The molecule has 0 spiro atoms. The van der Waals surface area contributed by atoms with Crippen LogP contribution >= 0.6 is 0 Å². The number of esters is 3. The van der Waals surface area contributed by atoms with Crippen LogP contribution in [0.5, 0.6) is 0 Å². The molecule has 0 aromatic rings. The predicted octanol–water partition coefficient (Wildman–Crippen LogP) is 19.5. The average molecular weight is 972 g/mol. The van der Waals surface area contributed by atoms with Crippen molar-refractivity contribution in [3.8, 4) is 0 Å². The number of hydrogen-bond acceptors (Lipinski definition) is 6. The van der Waals surface area contributed by atoms with Crippen molar-refractivity contribution < 1.29 is 28.6 Å². The van der Waals surface area contributed by atoms with E-state index in [1.54, 1.807) is 0 Å². The number of carbonyl (C=O) groups excluding carboxylic acids is 3. The van der Waals surface area contributed by atoms with Gasteiger partial charge < -0.3 is 14.2 Å². The molecule has 0 aliphatic heterocycles. The van der Waals surface area contributed by atoms with E-state index < -0.39 is 6.10 Å². The lowest BCUT2D eigenvalue weighted by molar-refractivity contribution is -0.167. The van der Waals surface area contributed by atoms with Gasteiger partial charge in [0.05, 0.1) is 0 Å². The normalized spacial score (nSPS) is 12.9. The highest BCUT2D eigenvalue weighted by Gasteiger charge is 2.19. The smallest absolute Gasteiger partial charge is 0.306 e. The van der Waals surface area contributed by atoms with Crippen LogP contribution in [0.4, 0.5) is 0 Å². The van der Waals surface area contributed by atoms with Gasteiger partial charge in [0.2, 0.25) is 0 Å². The molecule has 0 N–H and O–H groups in total. The van der Waals surface area contributed by atoms with Crippen molar-refractivity contribution in [2.24, 2.45) is 0 Å². The molecule has 1 atom stereocenters. The van der Waals surface area contributed by atoms with Crippen LogP contribution in [0, 0.1) is 0 Å². The van der Waals surface area contributed by atoms with Gasteiger partial charge in [-0.2, -0.15) is 0 Å². The summed E-state index contributed by atoms with van der Waals surface area (Å²) in [7, 11) is 0. The molecular weight excluding hydrogens is 865 g/mol. The van der Waals surface area contributed by atoms with E-state index in [4.69, 9.17) is 14.2 Å². The Hall–Kier alpha value is -3.93. The third kappa shape index (κ3) is 55.0. The zero-order valence-corrected chi connectivity index (χ0v) is 45.5. The van der Waals surface area contributed by atoms with E-state index in [1.807, 2.05) is 0 Å². The van der Waals surface area contributed by atoms with E-state index in [0.29, 0.717) is 19.3 Å². The number of carbonyl (C=O) groups is 3. The summed E-state index contributed by atoms with van der Waals surface area (Å²) in [6, 6.07) is 0. The summed E-state index contributed by atoms with van der Waals surface area (Å²) in [6.07, 6.45) is 77.9. The van der Waals surface area contributed by atoms with Crippen LogP contribution in [0.3, 0.4) is 0 Å². The molecule has 0 radical (unpaired) electrons. The fourth-order valence-corrected chi connectivity index (χ4v) is 7.67. The quantitative estimate of drug-likeness (QED) is 0.0199. The molecular formula is C64H106O6. The molecule has 398 valence electrons. The first-order valence-corrected chi connectivity index (χ1v) is 28.9. The Labute approximate surface area is 431 Å². The van der Waals surface area contributed by atoms with Crippen LogP contribution in [0.15, 0.2) is 109 Å². The monoisotopic (exact) mass is 971 g/mol. The summed E-state index contributed by atoms with van der Waals surface area (Å²) >= 11 is 0. The third-order valence-electron chi connectivity index (χ3n) is 12.0. The molecule has 6 heteroatoms. The average Bonchev–Trinajstić information content (AvgIpc) is 3.36. The zero-order chi connectivity index (χ0) is 50.7. The van der Waals surface area contributed by atoms with Gasteiger partial charge in [0.15, 0.2) is 6.10 Å². The lowest BCUT2D eigenvalue weighted by Gasteiger charge is -2.18. The Morgan fingerprint density at radius 2 is 0.600 bits per heavy atom. The van der Waals surface area contributed by atoms with Crippen LogP contribution in [0.1, 0.15) is 258 Å². The largest absolute Gasteiger partial charge is 0.462 e. The fourth-order valence-electron chi connectivity index (χ4n) is 7.67. The second-order valence-corrected chi connectivity index (χ2v) is 18.8. The molecule has 6 nitrogen and oxygen atoms in total. The topological polar surface area (TPSA) is 78.9 Å². The summed E-state index contributed by atoms with van der Waals surface area (Å²) in [5.74, 6) is -0.971. The van der Waals surface area contributed by atoms with Crippen molar-refractivity contribution >= 4 is 17.9 Å². The summed E-state index contributed by atoms with van der Waals surface area (Å²) < 4.78 is 16.8. The molecule has 0 saturated carbocycles. The maximum absolute atomic E-state index is 12.9. The molecule has 70 heavy (non-hydrogen) atoms. The maximum atomic E-state index is 12.9. The minimum Gasteiger partial charge on any atom is -0.462 e. The van der Waals surface area contributed by atoms with Crippen LogP contribution in [-0.4, -0.2) is 37.2 Å². The predicted molar refractivity (Wildman–Crippen MR) is 302 cm³/mol.